The second-order valence-electron chi connectivity index (χ2n) is 4.53. The Morgan fingerprint density at radius 2 is 2.10 bits per heavy atom. The number of halogens is 1. The summed E-state index contributed by atoms with van der Waals surface area (Å²) in [6.07, 6.45) is -0.358. The van der Waals surface area contributed by atoms with E-state index in [9.17, 15) is 9.59 Å². The third-order valence-electron chi connectivity index (χ3n) is 3.15. The minimum absolute atomic E-state index is 0.00970. The standard InChI is InChI=1S/C14H16BrNO4/c1-19-14(18)12-9-16(6-7-20-12)13(17)8-10-2-4-11(15)5-3-10/h2-5,12H,6-9H2,1H3. The topological polar surface area (TPSA) is 55.8 Å². The van der Waals surface area contributed by atoms with Crippen LogP contribution in [0.2, 0.25) is 0 Å². The highest BCUT2D eigenvalue weighted by Gasteiger charge is 2.29. The molecule has 0 aromatic heterocycles. The normalized spacial score (nSPS) is 18.7. The Hall–Kier alpha value is -1.40. The summed E-state index contributed by atoms with van der Waals surface area (Å²) in [5.74, 6) is -0.448. The Bertz CT molecular complexity index is 488. The SMILES string of the molecule is COC(=O)C1CN(C(=O)Cc2ccc(Br)cc2)CCO1. The molecule has 6 heteroatoms. The summed E-state index contributed by atoms with van der Waals surface area (Å²) < 4.78 is 10.9. The predicted octanol–water partition coefficient (Wildman–Crippen LogP) is 1.39. The van der Waals surface area contributed by atoms with E-state index in [4.69, 9.17) is 4.74 Å². The van der Waals surface area contributed by atoms with E-state index in [1.54, 1.807) is 4.90 Å². The van der Waals surface area contributed by atoms with Gasteiger partial charge in [0.25, 0.3) is 0 Å². The average molecular weight is 342 g/mol. The Labute approximate surface area is 126 Å². The molecule has 0 spiro atoms. The van der Waals surface area contributed by atoms with E-state index in [2.05, 4.69) is 20.7 Å². The van der Waals surface area contributed by atoms with Crippen LogP contribution in [0.3, 0.4) is 0 Å². The van der Waals surface area contributed by atoms with Gasteiger partial charge in [0.2, 0.25) is 5.91 Å². The first kappa shape index (κ1) is 15.0. The lowest BCUT2D eigenvalue weighted by molar-refractivity contribution is -0.162. The summed E-state index contributed by atoms with van der Waals surface area (Å²) in [6.45, 7) is 1.11. The smallest absolute Gasteiger partial charge is 0.336 e. The fourth-order valence-electron chi connectivity index (χ4n) is 2.04. The van der Waals surface area contributed by atoms with Gasteiger partial charge in [-0.05, 0) is 17.7 Å². The van der Waals surface area contributed by atoms with Crippen molar-refractivity contribution in [1.29, 1.82) is 0 Å². The Kier molecular flexibility index (Phi) is 5.14. The van der Waals surface area contributed by atoms with Crippen molar-refractivity contribution in [3.05, 3.63) is 34.3 Å². The highest BCUT2D eigenvalue weighted by atomic mass is 79.9. The molecule has 1 atom stereocenters. The molecule has 1 saturated heterocycles. The van der Waals surface area contributed by atoms with Crippen molar-refractivity contribution in [2.45, 2.75) is 12.5 Å². The number of benzene rings is 1. The average Bonchev–Trinajstić information content (AvgIpc) is 2.49. The van der Waals surface area contributed by atoms with Gasteiger partial charge in [0.15, 0.2) is 6.10 Å². The molecule has 1 aliphatic heterocycles. The molecule has 0 saturated carbocycles. The molecule has 1 aliphatic rings. The van der Waals surface area contributed by atoms with E-state index in [1.165, 1.54) is 7.11 Å². The zero-order valence-electron chi connectivity index (χ0n) is 11.2. The van der Waals surface area contributed by atoms with Crippen molar-refractivity contribution in [2.24, 2.45) is 0 Å². The summed E-state index contributed by atoms with van der Waals surface area (Å²) in [5, 5.41) is 0. The number of carbonyl (C=O) groups is 2. The second-order valence-corrected chi connectivity index (χ2v) is 5.44. The van der Waals surface area contributed by atoms with Gasteiger partial charge in [-0.2, -0.15) is 0 Å². The molecular weight excluding hydrogens is 326 g/mol. The van der Waals surface area contributed by atoms with E-state index < -0.39 is 12.1 Å². The summed E-state index contributed by atoms with van der Waals surface area (Å²) in [5.41, 5.74) is 0.944. The van der Waals surface area contributed by atoms with Crippen LogP contribution >= 0.6 is 15.9 Å². The largest absolute Gasteiger partial charge is 0.467 e. The van der Waals surface area contributed by atoms with Crippen LogP contribution in [0, 0.1) is 0 Å². The fraction of sp³-hybridized carbons (Fsp3) is 0.429. The number of amides is 1. The van der Waals surface area contributed by atoms with Gasteiger partial charge in [-0.1, -0.05) is 28.1 Å². The van der Waals surface area contributed by atoms with Gasteiger partial charge in [0.05, 0.1) is 26.7 Å². The molecule has 0 radical (unpaired) electrons. The maximum absolute atomic E-state index is 12.2. The highest BCUT2D eigenvalue weighted by Crippen LogP contribution is 2.13. The number of esters is 1. The monoisotopic (exact) mass is 341 g/mol. The van der Waals surface area contributed by atoms with Crippen molar-refractivity contribution in [2.75, 3.05) is 26.8 Å². The first-order valence-electron chi connectivity index (χ1n) is 6.32. The van der Waals surface area contributed by atoms with E-state index in [0.29, 0.717) is 19.6 Å². The van der Waals surface area contributed by atoms with Gasteiger partial charge in [0, 0.05) is 11.0 Å². The number of rotatable bonds is 3. The highest BCUT2D eigenvalue weighted by molar-refractivity contribution is 9.10. The Morgan fingerprint density at radius 1 is 1.40 bits per heavy atom. The van der Waals surface area contributed by atoms with Crippen LogP contribution in [0.1, 0.15) is 5.56 Å². The maximum Gasteiger partial charge on any atom is 0.336 e. The third kappa shape index (κ3) is 3.80. The quantitative estimate of drug-likeness (QED) is 0.779. The Balaban J connectivity index is 1.95. The summed E-state index contributed by atoms with van der Waals surface area (Å²) in [7, 11) is 1.31. The van der Waals surface area contributed by atoms with E-state index in [0.717, 1.165) is 10.0 Å². The lowest BCUT2D eigenvalue weighted by Gasteiger charge is -2.31. The maximum atomic E-state index is 12.2. The number of carbonyl (C=O) groups excluding carboxylic acids is 2. The minimum Gasteiger partial charge on any atom is -0.467 e. The Morgan fingerprint density at radius 3 is 2.75 bits per heavy atom. The van der Waals surface area contributed by atoms with Gasteiger partial charge >= 0.3 is 5.97 Å². The molecule has 1 aromatic rings. The van der Waals surface area contributed by atoms with E-state index in [1.807, 2.05) is 24.3 Å². The zero-order valence-corrected chi connectivity index (χ0v) is 12.8. The second kappa shape index (κ2) is 6.85. The van der Waals surface area contributed by atoms with Crippen LogP contribution < -0.4 is 0 Å². The van der Waals surface area contributed by atoms with Crippen LogP contribution in [-0.2, 0) is 25.5 Å². The number of methoxy groups -OCH3 is 1. The van der Waals surface area contributed by atoms with Gasteiger partial charge in [-0.3, -0.25) is 4.79 Å². The molecule has 1 unspecified atom stereocenters. The summed E-state index contributed by atoms with van der Waals surface area (Å²) in [4.78, 5) is 25.3. The van der Waals surface area contributed by atoms with Crippen molar-refractivity contribution in [3.63, 3.8) is 0 Å². The first-order valence-corrected chi connectivity index (χ1v) is 7.11. The number of hydrogen-bond donors (Lipinski definition) is 0. The lowest BCUT2D eigenvalue weighted by atomic mass is 10.1. The van der Waals surface area contributed by atoms with Crippen LogP contribution in [0.4, 0.5) is 0 Å². The number of ether oxygens (including phenoxy) is 2. The van der Waals surface area contributed by atoms with E-state index >= 15 is 0 Å². The predicted molar refractivity (Wildman–Crippen MR) is 76.2 cm³/mol. The van der Waals surface area contributed by atoms with Crippen LogP contribution in [-0.4, -0.2) is 49.7 Å². The van der Waals surface area contributed by atoms with Gasteiger partial charge < -0.3 is 14.4 Å². The fourth-order valence-corrected chi connectivity index (χ4v) is 2.30. The van der Waals surface area contributed by atoms with Gasteiger partial charge in [-0.25, -0.2) is 4.79 Å². The van der Waals surface area contributed by atoms with Crippen molar-refractivity contribution >= 4 is 27.8 Å². The molecular formula is C14H16BrNO4. The lowest BCUT2D eigenvalue weighted by Crippen LogP contribution is -2.49. The molecule has 2 rings (SSSR count). The molecule has 0 aliphatic carbocycles. The first-order chi connectivity index (χ1) is 9.60. The molecule has 0 bridgehead atoms. The molecule has 0 N–H and O–H groups in total. The molecule has 1 amide bonds. The molecule has 1 fully saturated rings. The van der Waals surface area contributed by atoms with Gasteiger partial charge in [0.1, 0.15) is 0 Å². The van der Waals surface area contributed by atoms with E-state index in [-0.39, 0.29) is 12.5 Å². The van der Waals surface area contributed by atoms with Gasteiger partial charge in [-0.15, -0.1) is 0 Å². The minimum atomic E-state index is -0.678. The molecule has 1 heterocycles. The van der Waals surface area contributed by atoms with Crippen LogP contribution in [0.5, 0.6) is 0 Å². The molecule has 5 nitrogen and oxygen atoms in total. The molecule has 108 valence electrons. The zero-order chi connectivity index (χ0) is 14.5. The summed E-state index contributed by atoms with van der Waals surface area (Å²) in [6, 6.07) is 7.61. The molecule has 1 aromatic carbocycles. The number of nitrogens with zero attached hydrogens (tertiary/aromatic N) is 1. The van der Waals surface area contributed by atoms with Crippen molar-refractivity contribution in [3.8, 4) is 0 Å². The molecule has 20 heavy (non-hydrogen) atoms. The van der Waals surface area contributed by atoms with Crippen molar-refractivity contribution in [1.82, 2.24) is 4.90 Å². The summed E-state index contributed by atoms with van der Waals surface area (Å²) >= 11 is 3.36. The van der Waals surface area contributed by atoms with Crippen LogP contribution in [0.15, 0.2) is 28.7 Å². The third-order valence-corrected chi connectivity index (χ3v) is 3.68. The van der Waals surface area contributed by atoms with Crippen LogP contribution in [0.25, 0.3) is 0 Å². The number of hydrogen-bond acceptors (Lipinski definition) is 4. The van der Waals surface area contributed by atoms with Crippen molar-refractivity contribution < 1.29 is 19.1 Å². The number of morpholine rings is 1.